The van der Waals surface area contributed by atoms with Gasteiger partial charge in [-0.1, -0.05) is 39.5 Å². The molecule has 0 rings (SSSR count). The minimum absolute atomic E-state index is 0. The average Bonchev–Trinajstić information content (AvgIpc) is 2.08. The maximum atomic E-state index is 4.35. The molecule has 0 saturated heterocycles. The van der Waals surface area contributed by atoms with Gasteiger partial charge in [-0.05, 0) is 0 Å². The minimum Gasteiger partial charge on any atom is -0.662 e. The predicted octanol–water partition coefficient (Wildman–Crippen LogP) is 3.80. The van der Waals surface area contributed by atoms with Crippen LogP contribution in [0.4, 0.5) is 0 Å². The third kappa shape index (κ3) is 22.4. The van der Waals surface area contributed by atoms with Crippen molar-refractivity contribution in [2.45, 2.75) is 46.5 Å². The van der Waals surface area contributed by atoms with Gasteiger partial charge in [0.1, 0.15) is 0 Å². The van der Waals surface area contributed by atoms with Gasteiger partial charge in [-0.2, -0.15) is 6.92 Å². The molecule has 0 unspecified atom stereocenters. The van der Waals surface area contributed by atoms with Crippen molar-refractivity contribution in [1.82, 2.24) is 0 Å². The third-order valence-electron chi connectivity index (χ3n) is 1.34. The first-order chi connectivity index (χ1) is 5.41. The van der Waals surface area contributed by atoms with Crippen LogP contribution in [0.15, 0.2) is 0 Å². The minimum atomic E-state index is 0. The van der Waals surface area contributed by atoms with Crippen LogP contribution in [0.1, 0.15) is 46.5 Å². The van der Waals surface area contributed by atoms with Gasteiger partial charge < -0.3 is 12.2 Å². The quantitative estimate of drug-likeness (QED) is 0.369. The maximum Gasteiger partial charge on any atom is 2.00 e. The molecule has 0 aliphatic carbocycles. The Balaban J connectivity index is -0.000000249. The summed E-state index contributed by atoms with van der Waals surface area (Å²) in [7, 11) is 0. The molecule has 0 heterocycles. The second-order valence-corrected chi connectivity index (χ2v) is 2.38. The number of hydrogen-bond donors (Lipinski definition) is 0. The molecule has 12 heavy (non-hydrogen) atoms. The molecule has 0 aromatic rings. The van der Waals surface area contributed by atoms with E-state index in [0.29, 0.717) is 0 Å². The van der Waals surface area contributed by atoms with Crippen molar-refractivity contribution in [3.63, 3.8) is 0 Å². The van der Waals surface area contributed by atoms with E-state index in [1.54, 1.807) is 6.92 Å². The first-order valence-electron chi connectivity index (χ1n) is 4.75. The zero-order valence-corrected chi connectivity index (χ0v) is 12.1. The molecular formula is C10H23NZn. The molecule has 0 atom stereocenters. The fourth-order valence-corrected chi connectivity index (χ4v) is 0.652. The summed E-state index contributed by atoms with van der Waals surface area (Å²) in [6.07, 6.45) is 5.08. The van der Waals surface area contributed by atoms with Crippen molar-refractivity contribution >= 4 is 0 Å². The van der Waals surface area contributed by atoms with E-state index in [-0.39, 0.29) is 19.5 Å². The number of rotatable bonds is 6. The molecule has 0 aliphatic rings. The monoisotopic (exact) mass is 221 g/mol. The van der Waals surface area contributed by atoms with Crippen molar-refractivity contribution in [1.29, 1.82) is 0 Å². The van der Waals surface area contributed by atoms with Crippen molar-refractivity contribution in [3.8, 4) is 0 Å². The molecule has 0 amide bonds. The summed E-state index contributed by atoms with van der Waals surface area (Å²) in [6, 6.07) is 0. The molecule has 70 valence electrons. The SMILES string of the molecule is CCCC[N-]CCCC.[CH2-]C.[Zn+2]. The van der Waals surface area contributed by atoms with E-state index in [1.165, 1.54) is 25.7 Å². The Morgan fingerprint density at radius 1 is 0.917 bits per heavy atom. The first-order valence-corrected chi connectivity index (χ1v) is 4.75. The van der Waals surface area contributed by atoms with Gasteiger partial charge in [0.2, 0.25) is 0 Å². The summed E-state index contributed by atoms with van der Waals surface area (Å²) in [5.74, 6) is 0. The van der Waals surface area contributed by atoms with E-state index in [9.17, 15) is 0 Å². The summed E-state index contributed by atoms with van der Waals surface area (Å²) >= 11 is 0. The zero-order valence-electron chi connectivity index (χ0n) is 9.10. The van der Waals surface area contributed by atoms with Crippen LogP contribution in [0.3, 0.4) is 0 Å². The van der Waals surface area contributed by atoms with Crippen LogP contribution in [0, 0.1) is 6.92 Å². The Kier molecular flexibility index (Phi) is 34.6. The van der Waals surface area contributed by atoms with Crippen molar-refractivity contribution in [2.75, 3.05) is 13.1 Å². The topological polar surface area (TPSA) is 14.1 Å². The van der Waals surface area contributed by atoms with Crippen LogP contribution >= 0.6 is 0 Å². The average molecular weight is 223 g/mol. The fourth-order valence-electron chi connectivity index (χ4n) is 0.652. The van der Waals surface area contributed by atoms with Gasteiger partial charge in [-0.25, -0.2) is 0 Å². The van der Waals surface area contributed by atoms with E-state index < -0.39 is 0 Å². The molecular weight excluding hydrogens is 200 g/mol. The van der Waals surface area contributed by atoms with E-state index in [2.05, 4.69) is 26.1 Å². The molecule has 2 heteroatoms. The van der Waals surface area contributed by atoms with Gasteiger partial charge in [-0.15, -0.1) is 13.1 Å². The van der Waals surface area contributed by atoms with Gasteiger partial charge >= 0.3 is 19.5 Å². The van der Waals surface area contributed by atoms with Gasteiger partial charge in [0.25, 0.3) is 0 Å². The van der Waals surface area contributed by atoms with E-state index in [4.69, 9.17) is 0 Å². The smallest absolute Gasteiger partial charge is 0.662 e. The van der Waals surface area contributed by atoms with Gasteiger partial charge in [0, 0.05) is 0 Å². The van der Waals surface area contributed by atoms with Crippen LogP contribution in [-0.4, -0.2) is 13.1 Å². The Morgan fingerprint density at radius 2 is 1.25 bits per heavy atom. The van der Waals surface area contributed by atoms with Crippen LogP contribution in [-0.2, 0) is 19.5 Å². The van der Waals surface area contributed by atoms with Gasteiger partial charge in [0.15, 0.2) is 0 Å². The summed E-state index contributed by atoms with van der Waals surface area (Å²) in [5.41, 5.74) is 0. The predicted molar refractivity (Wildman–Crippen MR) is 53.9 cm³/mol. The van der Waals surface area contributed by atoms with E-state index in [1.807, 2.05) is 0 Å². The largest absolute Gasteiger partial charge is 2.00 e. The van der Waals surface area contributed by atoms with Crippen LogP contribution in [0.2, 0.25) is 0 Å². The summed E-state index contributed by atoms with van der Waals surface area (Å²) in [4.78, 5) is 0. The molecule has 0 aromatic carbocycles. The van der Waals surface area contributed by atoms with Crippen molar-refractivity contribution < 1.29 is 19.5 Å². The van der Waals surface area contributed by atoms with Gasteiger partial charge in [-0.3, -0.25) is 0 Å². The Morgan fingerprint density at radius 3 is 1.50 bits per heavy atom. The van der Waals surface area contributed by atoms with Crippen LogP contribution in [0.5, 0.6) is 0 Å². The first kappa shape index (κ1) is 18.4. The second-order valence-electron chi connectivity index (χ2n) is 2.38. The standard InChI is InChI=1S/C8H18N.C2H5.Zn/c1-3-5-7-9-8-6-4-2;1-2;/h3-8H2,1-2H3;1H2,2H3;/q2*-1;+2. The molecule has 1 nitrogen and oxygen atoms in total. The van der Waals surface area contributed by atoms with Crippen LogP contribution in [0.25, 0.3) is 5.32 Å². The van der Waals surface area contributed by atoms with Crippen molar-refractivity contribution in [3.05, 3.63) is 12.2 Å². The molecule has 0 bridgehead atoms. The summed E-state index contributed by atoms with van der Waals surface area (Å²) in [5, 5.41) is 4.35. The maximum absolute atomic E-state index is 4.35. The number of nitrogens with zero attached hydrogens (tertiary/aromatic N) is 1. The zero-order chi connectivity index (χ0) is 8.95. The molecule has 0 N–H and O–H groups in total. The molecule has 0 fully saturated rings. The van der Waals surface area contributed by atoms with E-state index >= 15 is 0 Å². The molecule has 0 saturated carbocycles. The number of unbranched alkanes of at least 4 members (excludes halogenated alkanes) is 2. The molecule has 0 spiro atoms. The van der Waals surface area contributed by atoms with E-state index in [0.717, 1.165) is 13.1 Å². The second kappa shape index (κ2) is 22.6. The summed E-state index contributed by atoms with van der Waals surface area (Å²) < 4.78 is 0. The Labute approximate surface area is 91.5 Å². The summed E-state index contributed by atoms with van der Waals surface area (Å²) in [6.45, 7) is 11.6. The van der Waals surface area contributed by atoms with Crippen LogP contribution < -0.4 is 0 Å². The molecule has 0 radical (unpaired) electrons. The normalized spacial score (nSPS) is 8.00. The Hall–Kier alpha value is 0.583. The Bertz CT molecular complexity index is 43.1. The third-order valence-corrected chi connectivity index (χ3v) is 1.34. The van der Waals surface area contributed by atoms with Gasteiger partial charge in [0.05, 0.1) is 0 Å². The number of hydrogen-bond acceptors (Lipinski definition) is 0. The van der Waals surface area contributed by atoms with Crippen molar-refractivity contribution in [2.24, 2.45) is 0 Å². The fraction of sp³-hybridized carbons (Fsp3) is 0.900. The molecule has 0 aromatic heterocycles. The molecule has 0 aliphatic heterocycles.